The molecule has 19 heavy (non-hydrogen) atoms. The number of aliphatic hydroxyl groups excluding tert-OH is 1. The van der Waals surface area contributed by atoms with E-state index in [-0.39, 0.29) is 18.6 Å². The summed E-state index contributed by atoms with van der Waals surface area (Å²) < 4.78 is 0.853. The number of aryl methyl sites for hydroxylation is 1. The molecule has 3 nitrogen and oxygen atoms in total. The number of likely N-dealkylation sites (tertiary alicyclic amines) is 1. The molecule has 1 atom stereocenters. The summed E-state index contributed by atoms with van der Waals surface area (Å²) in [5, 5.41) is 9.13. The SMILES string of the molecule is Cc1ccc(C(=O)N2CCCCC2CCO)c(Br)c1. The predicted octanol–water partition coefficient (Wildman–Crippen LogP) is 3.13. The molecule has 1 aromatic carbocycles. The molecule has 1 aromatic rings. The van der Waals surface area contributed by atoms with Crippen molar-refractivity contribution in [2.24, 2.45) is 0 Å². The van der Waals surface area contributed by atoms with Gasteiger partial charge in [-0.2, -0.15) is 0 Å². The molecule has 1 N–H and O–H groups in total. The van der Waals surface area contributed by atoms with E-state index in [4.69, 9.17) is 5.11 Å². The molecule has 1 unspecified atom stereocenters. The van der Waals surface area contributed by atoms with Gasteiger partial charge in [0, 0.05) is 23.7 Å². The van der Waals surface area contributed by atoms with Gasteiger partial charge in [-0.25, -0.2) is 0 Å². The van der Waals surface area contributed by atoms with Crippen LogP contribution in [0.4, 0.5) is 0 Å². The second kappa shape index (κ2) is 6.53. The zero-order valence-corrected chi connectivity index (χ0v) is 12.8. The molecule has 0 aliphatic carbocycles. The van der Waals surface area contributed by atoms with Gasteiger partial charge in [0.1, 0.15) is 0 Å². The lowest BCUT2D eigenvalue weighted by molar-refractivity contribution is 0.0573. The number of rotatable bonds is 3. The Morgan fingerprint density at radius 3 is 2.95 bits per heavy atom. The van der Waals surface area contributed by atoms with Gasteiger partial charge in [0.2, 0.25) is 0 Å². The number of hydrogen-bond donors (Lipinski definition) is 1. The number of halogens is 1. The highest BCUT2D eigenvalue weighted by atomic mass is 79.9. The normalized spacial score (nSPS) is 19.5. The van der Waals surface area contributed by atoms with Gasteiger partial charge in [0.05, 0.1) is 5.56 Å². The highest BCUT2D eigenvalue weighted by Gasteiger charge is 2.27. The minimum Gasteiger partial charge on any atom is -0.396 e. The van der Waals surface area contributed by atoms with E-state index < -0.39 is 0 Å². The highest BCUT2D eigenvalue weighted by molar-refractivity contribution is 9.10. The van der Waals surface area contributed by atoms with Gasteiger partial charge in [-0.1, -0.05) is 6.07 Å². The van der Waals surface area contributed by atoms with Crippen molar-refractivity contribution in [2.45, 2.75) is 38.6 Å². The molecule has 1 heterocycles. The van der Waals surface area contributed by atoms with Gasteiger partial charge in [-0.05, 0) is 66.2 Å². The van der Waals surface area contributed by atoms with Crippen LogP contribution in [0.3, 0.4) is 0 Å². The van der Waals surface area contributed by atoms with Crippen molar-refractivity contribution >= 4 is 21.8 Å². The molecular formula is C15H20BrNO2. The summed E-state index contributed by atoms with van der Waals surface area (Å²) in [6, 6.07) is 5.99. The zero-order chi connectivity index (χ0) is 13.8. The Hall–Kier alpha value is -0.870. The predicted molar refractivity (Wildman–Crippen MR) is 79.3 cm³/mol. The van der Waals surface area contributed by atoms with E-state index in [2.05, 4.69) is 15.9 Å². The molecule has 1 fully saturated rings. The number of benzene rings is 1. The van der Waals surface area contributed by atoms with Crippen LogP contribution in [0.15, 0.2) is 22.7 Å². The maximum Gasteiger partial charge on any atom is 0.255 e. The number of nitrogens with zero attached hydrogens (tertiary/aromatic N) is 1. The molecule has 4 heteroatoms. The fraction of sp³-hybridized carbons (Fsp3) is 0.533. The average Bonchev–Trinajstić information content (AvgIpc) is 2.39. The van der Waals surface area contributed by atoms with Gasteiger partial charge in [-0.15, -0.1) is 0 Å². The molecule has 104 valence electrons. The van der Waals surface area contributed by atoms with Crippen LogP contribution in [0, 0.1) is 6.92 Å². The van der Waals surface area contributed by atoms with E-state index in [1.165, 1.54) is 0 Å². The van der Waals surface area contributed by atoms with Gasteiger partial charge in [0.15, 0.2) is 0 Å². The Kier molecular flexibility index (Phi) is 4.99. The van der Waals surface area contributed by atoms with Crippen molar-refractivity contribution < 1.29 is 9.90 Å². The van der Waals surface area contributed by atoms with Crippen molar-refractivity contribution in [2.75, 3.05) is 13.2 Å². The quantitative estimate of drug-likeness (QED) is 0.927. The third kappa shape index (κ3) is 3.37. The molecular weight excluding hydrogens is 306 g/mol. The first kappa shape index (κ1) is 14.5. The number of hydrogen-bond acceptors (Lipinski definition) is 2. The Morgan fingerprint density at radius 2 is 2.26 bits per heavy atom. The second-order valence-corrected chi connectivity index (χ2v) is 6.00. The highest BCUT2D eigenvalue weighted by Crippen LogP contribution is 2.25. The topological polar surface area (TPSA) is 40.5 Å². The van der Waals surface area contributed by atoms with Gasteiger partial charge in [0.25, 0.3) is 5.91 Å². The molecule has 1 saturated heterocycles. The third-order valence-corrected chi connectivity index (χ3v) is 4.36. The van der Waals surface area contributed by atoms with Crippen LogP contribution in [0.1, 0.15) is 41.6 Å². The number of carbonyl (C=O) groups excluding carboxylic acids is 1. The maximum atomic E-state index is 12.6. The Bertz CT molecular complexity index is 459. The maximum absolute atomic E-state index is 12.6. The lowest BCUT2D eigenvalue weighted by Crippen LogP contribution is -2.44. The average molecular weight is 326 g/mol. The standard InChI is InChI=1S/C15H20BrNO2/c1-11-5-6-13(14(16)10-11)15(19)17-8-3-2-4-12(17)7-9-18/h5-6,10,12,18H,2-4,7-9H2,1H3. The van der Waals surface area contributed by atoms with Crippen LogP contribution in [0.25, 0.3) is 0 Å². The molecule has 2 rings (SSSR count). The summed E-state index contributed by atoms with van der Waals surface area (Å²) >= 11 is 3.48. The first-order chi connectivity index (χ1) is 9.13. The summed E-state index contributed by atoms with van der Waals surface area (Å²) in [5.74, 6) is 0.0741. The summed E-state index contributed by atoms with van der Waals surface area (Å²) in [5.41, 5.74) is 1.85. The molecule has 0 spiro atoms. The first-order valence-electron chi connectivity index (χ1n) is 6.81. The van der Waals surface area contributed by atoms with Crippen LogP contribution in [-0.2, 0) is 0 Å². The molecule has 1 amide bonds. The molecule has 0 bridgehead atoms. The second-order valence-electron chi connectivity index (χ2n) is 5.14. The zero-order valence-electron chi connectivity index (χ0n) is 11.2. The molecule has 1 aliphatic heterocycles. The summed E-state index contributed by atoms with van der Waals surface area (Å²) in [4.78, 5) is 14.6. The van der Waals surface area contributed by atoms with E-state index in [1.807, 2.05) is 30.0 Å². The van der Waals surface area contributed by atoms with Crippen LogP contribution < -0.4 is 0 Å². The van der Waals surface area contributed by atoms with Crippen molar-refractivity contribution in [3.05, 3.63) is 33.8 Å². The number of amides is 1. The minimum absolute atomic E-state index is 0.0741. The van der Waals surface area contributed by atoms with E-state index >= 15 is 0 Å². The van der Waals surface area contributed by atoms with Gasteiger partial charge < -0.3 is 10.0 Å². The summed E-state index contributed by atoms with van der Waals surface area (Å²) in [6.45, 7) is 2.95. The largest absolute Gasteiger partial charge is 0.396 e. The first-order valence-corrected chi connectivity index (χ1v) is 7.60. The van der Waals surface area contributed by atoms with E-state index in [9.17, 15) is 4.79 Å². The van der Waals surface area contributed by atoms with Gasteiger partial charge >= 0.3 is 0 Å². The third-order valence-electron chi connectivity index (χ3n) is 3.71. The summed E-state index contributed by atoms with van der Waals surface area (Å²) in [7, 11) is 0. The van der Waals surface area contributed by atoms with E-state index in [0.29, 0.717) is 6.42 Å². The number of piperidine rings is 1. The lowest BCUT2D eigenvalue weighted by atomic mass is 9.98. The minimum atomic E-state index is 0.0741. The molecule has 0 radical (unpaired) electrons. The van der Waals surface area contributed by atoms with Crippen LogP contribution in [0.5, 0.6) is 0 Å². The number of carbonyl (C=O) groups is 1. The van der Waals surface area contributed by atoms with Crippen molar-refractivity contribution in [1.29, 1.82) is 0 Å². The molecule has 1 aliphatic rings. The van der Waals surface area contributed by atoms with E-state index in [1.54, 1.807) is 0 Å². The van der Waals surface area contributed by atoms with Crippen LogP contribution >= 0.6 is 15.9 Å². The fourth-order valence-electron chi connectivity index (χ4n) is 2.67. The van der Waals surface area contributed by atoms with Gasteiger partial charge in [-0.3, -0.25) is 4.79 Å². The van der Waals surface area contributed by atoms with E-state index in [0.717, 1.165) is 41.4 Å². The Balaban J connectivity index is 2.21. The molecule has 0 aromatic heterocycles. The fourth-order valence-corrected chi connectivity index (χ4v) is 3.33. The smallest absolute Gasteiger partial charge is 0.255 e. The number of aliphatic hydroxyl groups is 1. The van der Waals surface area contributed by atoms with Crippen molar-refractivity contribution in [1.82, 2.24) is 4.90 Å². The van der Waals surface area contributed by atoms with Crippen LogP contribution in [0.2, 0.25) is 0 Å². The lowest BCUT2D eigenvalue weighted by Gasteiger charge is -2.35. The summed E-state index contributed by atoms with van der Waals surface area (Å²) in [6.07, 6.45) is 3.87. The molecule has 0 saturated carbocycles. The van der Waals surface area contributed by atoms with Crippen molar-refractivity contribution in [3.63, 3.8) is 0 Å². The monoisotopic (exact) mass is 325 g/mol. The Labute approximate surface area is 122 Å². The van der Waals surface area contributed by atoms with Crippen molar-refractivity contribution in [3.8, 4) is 0 Å². The van der Waals surface area contributed by atoms with Crippen LogP contribution in [-0.4, -0.2) is 35.1 Å². The Morgan fingerprint density at radius 1 is 1.47 bits per heavy atom.